The van der Waals surface area contributed by atoms with Crippen LogP contribution >= 0.6 is 0 Å². The summed E-state index contributed by atoms with van der Waals surface area (Å²) in [6.45, 7) is 2.68. The van der Waals surface area contributed by atoms with E-state index in [2.05, 4.69) is 14.6 Å². The number of ether oxygens (including phenoxy) is 1. The first-order chi connectivity index (χ1) is 12.5. The lowest BCUT2D eigenvalue weighted by atomic mass is 9.71. The average molecular weight is 379 g/mol. The smallest absolute Gasteiger partial charge is 0.408 e. The molecule has 0 unspecified atom stereocenters. The lowest BCUT2D eigenvalue weighted by molar-refractivity contribution is -0.0712. The highest BCUT2D eigenvalue weighted by atomic mass is 32.2. The van der Waals surface area contributed by atoms with Crippen LogP contribution in [-0.2, 0) is 14.8 Å². The van der Waals surface area contributed by atoms with Gasteiger partial charge in [0.05, 0.1) is 22.6 Å². The van der Waals surface area contributed by atoms with Crippen molar-refractivity contribution < 1.29 is 17.6 Å². The molecule has 9 heteroatoms. The van der Waals surface area contributed by atoms with Gasteiger partial charge in [-0.15, -0.1) is 0 Å². The van der Waals surface area contributed by atoms with Crippen molar-refractivity contribution in [3.63, 3.8) is 0 Å². The van der Waals surface area contributed by atoms with Gasteiger partial charge in [0.2, 0.25) is 10.0 Å². The Hall–Kier alpha value is -1.68. The first kappa shape index (κ1) is 16.5. The third-order valence-corrected chi connectivity index (χ3v) is 7.36. The first-order valence-electron chi connectivity index (χ1n) is 9.04. The quantitative estimate of drug-likeness (QED) is 0.808. The number of aromatic amines is 1. The Labute approximate surface area is 150 Å². The Morgan fingerprint density at radius 1 is 1.23 bits per heavy atom. The van der Waals surface area contributed by atoms with Crippen molar-refractivity contribution in [2.75, 3.05) is 19.7 Å². The number of fused-ring (bicyclic) bond motifs is 2. The lowest BCUT2D eigenvalue weighted by Crippen LogP contribution is -2.70. The average Bonchev–Trinajstić information content (AvgIpc) is 3.31. The zero-order chi connectivity index (χ0) is 17.9. The summed E-state index contributed by atoms with van der Waals surface area (Å²) < 4.78 is 39.6. The van der Waals surface area contributed by atoms with Crippen molar-refractivity contribution in [1.29, 1.82) is 0 Å². The third kappa shape index (κ3) is 2.53. The Morgan fingerprint density at radius 3 is 2.85 bits per heavy atom. The van der Waals surface area contributed by atoms with E-state index in [-0.39, 0.29) is 34.6 Å². The number of nitrogens with one attached hydrogen (secondary N) is 2. The predicted octanol–water partition coefficient (Wildman–Crippen LogP) is 0.651. The van der Waals surface area contributed by atoms with E-state index in [1.807, 2.05) is 0 Å². The van der Waals surface area contributed by atoms with E-state index < -0.39 is 15.8 Å². The van der Waals surface area contributed by atoms with Crippen LogP contribution in [0.5, 0.6) is 0 Å². The zero-order valence-electron chi connectivity index (χ0n) is 14.2. The molecule has 3 aliphatic rings. The van der Waals surface area contributed by atoms with Crippen molar-refractivity contribution in [1.82, 2.24) is 14.6 Å². The molecule has 0 bridgehead atoms. The highest BCUT2D eigenvalue weighted by molar-refractivity contribution is 7.89. The van der Waals surface area contributed by atoms with Gasteiger partial charge in [0, 0.05) is 24.6 Å². The number of benzene rings is 1. The molecule has 0 spiro atoms. The SMILES string of the molecule is O=c1[nH]c2ccc(S(=O)(=O)N[C@@H]3[C@@H]4CCO[C@@H]4[C@H]3N3CCCC3)cc2o1. The van der Waals surface area contributed by atoms with Gasteiger partial charge in [0.15, 0.2) is 5.58 Å². The van der Waals surface area contributed by atoms with Gasteiger partial charge in [0.1, 0.15) is 0 Å². The van der Waals surface area contributed by atoms with Gasteiger partial charge in [-0.3, -0.25) is 9.88 Å². The van der Waals surface area contributed by atoms with Gasteiger partial charge in [-0.2, -0.15) is 0 Å². The second-order valence-corrected chi connectivity index (χ2v) is 9.06. The number of H-pyrrole nitrogens is 1. The molecule has 1 aromatic carbocycles. The van der Waals surface area contributed by atoms with E-state index in [0.717, 1.165) is 32.4 Å². The van der Waals surface area contributed by atoms with E-state index in [1.54, 1.807) is 6.07 Å². The number of likely N-dealkylation sites (tertiary alicyclic amines) is 1. The molecule has 2 aliphatic heterocycles. The van der Waals surface area contributed by atoms with Crippen LogP contribution in [0.1, 0.15) is 19.3 Å². The normalized spacial score (nSPS) is 32.0. The molecule has 0 amide bonds. The number of hydrogen-bond acceptors (Lipinski definition) is 6. The highest BCUT2D eigenvalue weighted by Crippen LogP contribution is 2.43. The predicted molar refractivity (Wildman–Crippen MR) is 93.4 cm³/mol. The summed E-state index contributed by atoms with van der Waals surface area (Å²) in [5, 5.41) is 0. The highest BCUT2D eigenvalue weighted by Gasteiger charge is 2.57. The van der Waals surface area contributed by atoms with Crippen LogP contribution in [0.15, 0.2) is 32.3 Å². The monoisotopic (exact) mass is 379 g/mol. The molecule has 3 fully saturated rings. The molecule has 0 radical (unpaired) electrons. The maximum Gasteiger partial charge on any atom is 0.417 e. The van der Waals surface area contributed by atoms with E-state index in [1.165, 1.54) is 12.1 Å². The Bertz CT molecular complexity index is 986. The molecule has 140 valence electrons. The second-order valence-electron chi connectivity index (χ2n) is 7.34. The number of aromatic nitrogens is 1. The number of hydrogen-bond donors (Lipinski definition) is 2. The summed E-state index contributed by atoms with van der Waals surface area (Å²) in [7, 11) is -3.71. The van der Waals surface area contributed by atoms with Crippen LogP contribution in [0.2, 0.25) is 0 Å². The van der Waals surface area contributed by atoms with E-state index in [4.69, 9.17) is 9.15 Å². The summed E-state index contributed by atoms with van der Waals surface area (Å²) in [5.41, 5.74) is 0.724. The van der Waals surface area contributed by atoms with Crippen LogP contribution < -0.4 is 10.5 Å². The molecule has 2 aromatic rings. The Balaban J connectivity index is 1.43. The molecule has 1 saturated carbocycles. The van der Waals surface area contributed by atoms with Crippen LogP contribution in [0, 0.1) is 5.92 Å². The molecule has 1 aliphatic carbocycles. The van der Waals surface area contributed by atoms with Gasteiger partial charge >= 0.3 is 5.76 Å². The van der Waals surface area contributed by atoms with E-state index in [0.29, 0.717) is 12.1 Å². The van der Waals surface area contributed by atoms with Crippen LogP contribution in [-0.4, -0.2) is 56.2 Å². The minimum absolute atomic E-state index is 0.105. The fourth-order valence-corrected chi connectivity index (χ4v) is 5.97. The lowest BCUT2D eigenvalue weighted by Gasteiger charge is -2.51. The maximum atomic E-state index is 12.9. The summed E-state index contributed by atoms with van der Waals surface area (Å²) in [6.07, 6.45) is 3.31. The first-order valence-corrected chi connectivity index (χ1v) is 10.5. The van der Waals surface area contributed by atoms with Gasteiger partial charge in [-0.05, 0) is 44.5 Å². The van der Waals surface area contributed by atoms with Crippen LogP contribution in [0.3, 0.4) is 0 Å². The molecule has 1 aromatic heterocycles. The second kappa shape index (κ2) is 5.91. The Kier molecular flexibility index (Phi) is 3.75. The summed E-state index contributed by atoms with van der Waals surface area (Å²) in [5.74, 6) is -0.370. The minimum Gasteiger partial charge on any atom is -0.408 e. The molecule has 2 saturated heterocycles. The minimum atomic E-state index is -3.71. The largest absolute Gasteiger partial charge is 0.417 e. The number of rotatable bonds is 4. The van der Waals surface area contributed by atoms with Crippen molar-refractivity contribution >= 4 is 21.1 Å². The summed E-state index contributed by atoms with van der Waals surface area (Å²) in [4.78, 5) is 16.3. The fraction of sp³-hybridized carbons (Fsp3) is 0.588. The van der Waals surface area contributed by atoms with Crippen LogP contribution in [0.25, 0.3) is 11.1 Å². The fourth-order valence-electron chi connectivity index (χ4n) is 4.65. The standard InChI is InChI=1S/C17H21N3O5S/c21-17-18-12-4-3-10(9-13(12)25-17)26(22,23)19-14-11-5-8-24-16(11)15(14)20-6-1-2-7-20/h3-4,9,11,14-16,19H,1-2,5-8H2,(H,18,21)/t11-,14+,15-,16-/m0/s1. The van der Waals surface area contributed by atoms with Crippen molar-refractivity contribution in [3.8, 4) is 0 Å². The van der Waals surface area contributed by atoms with Crippen molar-refractivity contribution in [3.05, 3.63) is 28.7 Å². The molecule has 2 N–H and O–H groups in total. The number of sulfonamides is 1. The molecule has 5 rings (SSSR count). The zero-order valence-corrected chi connectivity index (χ0v) is 15.0. The van der Waals surface area contributed by atoms with Crippen molar-refractivity contribution in [2.24, 2.45) is 5.92 Å². The molecule has 26 heavy (non-hydrogen) atoms. The Morgan fingerprint density at radius 2 is 2.04 bits per heavy atom. The van der Waals surface area contributed by atoms with Gasteiger partial charge in [0.25, 0.3) is 0 Å². The molecule has 4 atom stereocenters. The molecular formula is C17H21N3O5S. The van der Waals surface area contributed by atoms with Gasteiger partial charge < -0.3 is 9.15 Å². The molecule has 3 heterocycles. The summed E-state index contributed by atoms with van der Waals surface area (Å²) >= 11 is 0. The van der Waals surface area contributed by atoms with Crippen molar-refractivity contribution in [2.45, 2.75) is 42.3 Å². The molecule has 8 nitrogen and oxygen atoms in total. The third-order valence-electron chi connectivity index (χ3n) is 5.91. The van der Waals surface area contributed by atoms with E-state index in [9.17, 15) is 13.2 Å². The van der Waals surface area contributed by atoms with Gasteiger partial charge in [-0.25, -0.2) is 17.9 Å². The molecular weight excluding hydrogens is 358 g/mol. The number of nitrogens with zero attached hydrogens (tertiary/aromatic N) is 1. The maximum absolute atomic E-state index is 12.9. The van der Waals surface area contributed by atoms with Gasteiger partial charge in [-0.1, -0.05) is 0 Å². The van der Waals surface area contributed by atoms with Crippen LogP contribution in [0.4, 0.5) is 0 Å². The van der Waals surface area contributed by atoms with E-state index >= 15 is 0 Å². The topological polar surface area (TPSA) is 105 Å². The number of oxazole rings is 1. The summed E-state index contributed by atoms with van der Waals surface area (Å²) in [6, 6.07) is 4.40.